The van der Waals surface area contributed by atoms with E-state index in [0.717, 1.165) is 56.2 Å². The molecule has 0 unspecified atom stereocenters. The first-order valence-electron chi connectivity index (χ1n) is 8.58. The van der Waals surface area contributed by atoms with E-state index in [4.69, 9.17) is 11.6 Å². The summed E-state index contributed by atoms with van der Waals surface area (Å²) in [5.74, 6) is 2.16. The standard InChI is InChI=1S/C17H23ClN4O2S/c18-14-11-13(3-4-15(14)21-7-9-25-10-8-21)20-17(24)19-12-16(23)22-5-1-2-6-22/h3-4,11H,1-2,5-10,12H2,(H2,19,20,24). The minimum absolute atomic E-state index is 0.0170. The van der Waals surface area contributed by atoms with Gasteiger partial charge in [-0.25, -0.2) is 4.79 Å². The molecule has 2 aliphatic rings. The normalized spacial score (nSPS) is 17.5. The number of benzene rings is 1. The van der Waals surface area contributed by atoms with Gasteiger partial charge in [-0.2, -0.15) is 11.8 Å². The molecule has 2 aliphatic heterocycles. The van der Waals surface area contributed by atoms with E-state index in [1.807, 2.05) is 23.9 Å². The molecule has 2 heterocycles. The maximum atomic E-state index is 12.0. The zero-order valence-electron chi connectivity index (χ0n) is 14.1. The molecule has 8 heteroatoms. The third kappa shape index (κ3) is 4.95. The van der Waals surface area contributed by atoms with Crippen LogP contribution in [0.2, 0.25) is 5.02 Å². The lowest BCUT2D eigenvalue weighted by Gasteiger charge is -2.29. The first-order chi connectivity index (χ1) is 12.1. The molecule has 0 saturated carbocycles. The lowest BCUT2D eigenvalue weighted by Crippen LogP contribution is -2.40. The molecular weight excluding hydrogens is 360 g/mol. The summed E-state index contributed by atoms with van der Waals surface area (Å²) in [5.41, 5.74) is 1.61. The maximum Gasteiger partial charge on any atom is 0.319 e. The van der Waals surface area contributed by atoms with Crippen LogP contribution in [-0.2, 0) is 4.79 Å². The Balaban J connectivity index is 1.50. The molecule has 0 atom stereocenters. The third-order valence-corrected chi connectivity index (χ3v) is 5.66. The smallest absolute Gasteiger partial charge is 0.319 e. The zero-order chi connectivity index (χ0) is 17.6. The number of urea groups is 1. The number of anilines is 2. The molecule has 0 spiro atoms. The van der Waals surface area contributed by atoms with Gasteiger partial charge in [0, 0.05) is 43.4 Å². The fraction of sp³-hybridized carbons (Fsp3) is 0.529. The molecule has 3 amide bonds. The minimum Gasteiger partial charge on any atom is -0.369 e. The molecule has 0 bridgehead atoms. The molecule has 0 aliphatic carbocycles. The van der Waals surface area contributed by atoms with Crippen LogP contribution in [0.1, 0.15) is 12.8 Å². The third-order valence-electron chi connectivity index (χ3n) is 4.42. The number of nitrogens with one attached hydrogen (secondary N) is 2. The van der Waals surface area contributed by atoms with E-state index in [-0.39, 0.29) is 12.5 Å². The van der Waals surface area contributed by atoms with E-state index in [9.17, 15) is 9.59 Å². The topological polar surface area (TPSA) is 64.7 Å². The molecule has 25 heavy (non-hydrogen) atoms. The molecule has 0 aromatic heterocycles. The second-order valence-electron chi connectivity index (χ2n) is 6.16. The average Bonchev–Trinajstić information content (AvgIpc) is 3.15. The van der Waals surface area contributed by atoms with Crippen molar-refractivity contribution >= 4 is 46.7 Å². The van der Waals surface area contributed by atoms with Crippen LogP contribution in [0.3, 0.4) is 0 Å². The van der Waals surface area contributed by atoms with Crippen LogP contribution in [0.5, 0.6) is 0 Å². The van der Waals surface area contributed by atoms with Gasteiger partial charge >= 0.3 is 6.03 Å². The molecule has 2 saturated heterocycles. The van der Waals surface area contributed by atoms with Crippen LogP contribution in [0.4, 0.5) is 16.2 Å². The molecule has 3 rings (SSSR count). The summed E-state index contributed by atoms with van der Waals surface area (Å²) >= 11 is 8.33. The van der Waals surface area contributed by atoms with E-state index >= 15 is 0 Å². The van der Waals surface area contributed by atoms with Crippen molar-refractivity contribution in [3.05, 3.63) is 23.2 Å². The van der Waals surface area contributed by atoms with Crippen molar-refractivity contribution in [3.63, 3.8) is 0 Å². The van der Waals surface area contributed by atoms with Crippen molar-refractivity contribution in [2.24, 2.45) is 0 Å². The van der Waals surface area contributed by atoms with Crippen molar-refractivity contribution in [3.8, 4) is 0 Å². The van der Waals surface area contributed by atoms with Crippen molar-refractivity contribution in [2.75, 3.05) is 54.4 Å². The van der Waals surface area contributed by atoms with Gasteiger partial charge in [-0.3, -0.25) is 4.79 Å². The van der Waals surface area contributed by atoms with E-state index in [2.05, 4.69) is 15.5 Å². The molecule has 0 radical (unpaired) electrons. The van der Waals surface area contributed by atoms with Gasteiger partial charge in [0.05, 0.1) is 17.3 Å². The van der Waals surface area contributed by atoms with E-state index in [1.54, 1.807) is 11.0 Å². The Morgan fingerprint density at radius 3 is 2.52 bits per heavy atom. The molecule has 2 fully saturated rings. The summed E-state index contributed by atoms with van der Waals surface area (Å²) in [6.07, 6.45) is 2.08. The van der Waals surface area contributed by atoms with Gasteiger partial charge in [-0.05, 0) is 31.0 Å². The number of carbonyl (C=O) groups is 2. The van der Waals surface area contributed by atoms with Gasteiger partial charge in [0.25, 0.3) is 0 Å². The van der Waals surface area contributed by atoms with Gasteiger partial charge in [0.1, 0.15) is 0 Å². The van der Waals surface area contributed by atoms with E-state index in [1.165, 1.54) is 0 Å². The van der Waals surface area contributed by atoms with Gasteiger partial charge < -0.3 is 20.4 Å². The summed E-state index contributed by atoms with van der Waals surface area (Å²) < 4.78 is 0. The highest BCUT2D eigenvalue weighted by Crippen LogP contribution is 2.30. The number of hydrogen-bond donors (Lipinski definition) is 2. The second kappa shape index (κ2) is 8.67. The SMILES string of the molecule is O=C(NCC(=O)N1CCCC1)Nc1ccc(N2CCSCC2)c(Cl)c1. The summed E-state index contributed by atoms with van der Waals surface area (Å²) in [6, 6.07) is 5.13. The lowest BCUT2D eigenvalue weighted by atomic mass is 10.2. The van der Waals surface area contributed by atoms with Crippen molar-refractivity contribution < 1.29 is 9.59 Å². The maximum absolute atomic E-state index is 12.0. The predicted octanol–water partition coefficient (Wildman–Crippen LogP) is 2.64. The Kier molecular flexibility index (Phi) is 6.31. The summed E-state index contributed by atoms with van der Waals surface area (Å²) in [6.45, 7) is 3.55. The largest absolute Gasteiger partial charge is 0.369 e. The molecule has 136 valence electrons. The number of amides is 3. The fourth-order valence-corrected chi connectivity index (χ4v) is 4.26. The van der Waals surface area contributed by atoms with Gasteiger partial charge in [-0.1, -0.05) is 11.6 Å². The quantitative estimate of drug-likeness (QED) is 0.840. The van der Waals surface area contributed by atoms with Gasteiger partial charge in [0.15, 0.2) is 0 Å². The summed E-state index contributed by atoms with van der Waals surface area (Å²) in [5, 5.41) is 5.96. The van der Waals surface area contributed by atoms with Crippen molar-refractivity contribution in [1.82, 2.24) is 10.2 Å². The van der Waals surface area contributed by atoms with Crippen molar-refractivity contribution in [2.45, 2.75) is 12.8 Å². The van der Waals surface area contributed by atoms with E-state index < -0.39 is 6.03 Å². The van der Waals surface area contributed by atoms with Crippen molar-refractivity contribution in [1.29, 1.82) is 0 Å². The van der Waals surface area contributed by atoms with Crippen LogP contribution in [0.25, 0.3) is 0 Å². The Labute approximate surface area is 157 Å². The predicted molar refractivity (Wildman–Crippen MR) is 104 cm³/mol. The molecule has 6 nitrogen and oxygen atoms in total. The molecule has 2 N–H and O–H groups in total. The highest BCUT2D eigenvalue weighted by molar-refractivity contribution is 7.99. The average molecular weight is 383 g/mol. The Bertz CT molecular complexity index is 631. The first kappa shape index (κ1) is 18.2. The van der Waals surface area contributed by atoms with Crippen LogP contribution in [-0.4, -0.2) is 61.1 Å². The fourth-order valence-electron chi connectivity index (χ4n) is 3.05. The van der Waals surface area contributed by atoms with Crippen LogP contribution >= 0.6 is 23.4 Å². The number of halogens is 1. The van der Waals surface area contributed by atoms with Gasteiger partial charge in [-0.15, -0.1) is 0 Å². The number of nitrogens with zero attached hydrogens (tertiary/aromatic N) is 2. The second-order valence-corrected chi connectivity index (χ2v) is 7.79. The van der Waals surface area contributed by atoms with E-state index in [0.29, 0.717) is 10.7 Å². The Morgan fingerprint density at radius 1 is 1.12 bits per heavy atom. The van der Waals surface area contributed by atoms with Crippen LogP contribution in [0, 0.1) is 0 Å². The lowest BCUT2D eigenvalue weighted by molar-refractivity contribution is -0.128. The Morgan fingerprint density at radius 2 is 1.84 bits per heavy atom. The minimum atomic E-state index is -0.397. The Hall–Kier alpha value is -1.60. The molecule has 1 aromatic carbocycles. The number of likely N-dealkylation sites (tertiary alicyclic amines) is 1. The summed E-state index contributed by atoms with van der Waals surface area (Å²) in [4.78, 5) is 28.0. The monoisotopic (exact) mass is 382 g/mol. The zero-order valence-corrected chi connectivity index (χ0v) is 15.7. The van der Waals surface area contributed by atoms with Crippen LogP contribution < -0.4 is 15.5 Å². The number of thioether (sulfide) groups is 1. The summed E-state index contributed by atoms with van der Waals surface area (Å²) in [7, 11) is 0. The highest BCUT2D eigenvalue weighted by Gasteiger charge is 2.18. The number of hydrogen-bond acceptors (Lipinski definition) is 4. The highest BCUT2D eigenvalue weighted by atomic mass is 35.5. The van der Waals surface area contributed by atoms with Gasteiger partial charge in [0.2, 0.25) is 5.91 Å². The number of carbonyl (C=O) groups excluding carboxylic acids is 2. The number of rotatable bonds is 4. The molecule has 1 aromatic rings. The first-order valence-corrected chi connectivity index (χ1v) is 10.1. The van der Waals surface area contributed by atoms with Crippen LogP contribution in [0.15, 0.2) is 18.2 Å². The molecular formula is C17H23ClN4O2S.